The Balaban J connectivity index is 1.60. The zero-order valence-electron chi connectivity index (χ0n) is 18.3. The second kappa shape index (κ2) is 11.3. The van der Waals surface area contributed by atoms with Gasteiger partial charge in [0, 0.05) is 64.2 Å². The zero-order valence-corrected chi connectivity index (χ0v) is 18.3. The Morgan fingerprint density at radius 1 is 1.10 bits per heavy atom. The van der Waals surface area contributed by atoms with E-state index in [-0.39, 0.29) is 0 Å². The Labute approximate surface area is 175 Å². The van der Waals surface area contributed by atoms with Gasteiger partial charge in [0.1, 0.15) is 0 Å². The first-order chi connectivity index (χ1) is 14.2. The molecule has 1 aromatic heterocycles. The van der Waals surface area contributed by atoms with E-state index in [0.717, 1.165) is 77.5 Å². The normalized spacial score (nSPS) is 20.2. The molecule has 0 saturated carbocycles. The van der Waals surface area contributed by atoms with Gasteiger partial charge in [0.2, 0.25) is 5.95 Å². The van der Waals surface area contributed by atoms with Crippen molar-refractivity contribution in [2.24, 2.45) is 10.9 Å². The molecule has 1 atom stereocenters. The Morgan fingerprint density at radius 3 is 2.41 bits per heavy atom. The molecule has 162 valence electrons. The average Bonchev–Trinajstić information content (AvgIpc) is 2.77. The Bertz CT molecular complexity index is 611. The van der Waals surface area contributed by atoms with Crippen LogP contribution in [0, 0.1) is 5.92 Å². The Hall–Kier alpha value is -1.93. The minimum atomic E-state index is 0.478. The van der Waals surface area contributed by atoms with E-state index in [9.17, 15) is 0 Å². The van der Waals surface area contributed by atoms with Crippen molar-refractivity contribution >= 4 is 11.9 Å². The summed E-state index contributed by atoms with van der Waals surface area (Å²) in [7, 11) is 0. The third-order valence-electron chi connectivity index (χ3n) is 5.51. The first-order valence-electron chi connectivity index (χ1n) is 11.0. The van der Waals surface area contributed by atoms with Crippen molar-refractivity contribution < 1.29 is 4.74 Å². The van der Waals surface area contributed by atoms with Crippen LogP contribution in [0.15, 0.2) is 23.5 Å². The number of guanidine groups is 1. The topological polar surface area (TPSA) is 69.1 Å². The van der Waals surface area contributed by atoms with Crippen molar-refractivity contribution in [2.75, 3.05) is 70.5 Å². The van der Waals surface area contributed by atoms with Crippen molar-refractivity contribution in [2.45, 2.75) is 33.2 Å². The molecule has 0 bridgehead atoms. The van der Waals surface area contributed by atoms with Crippen LogP contribution in [0.3, 0.4) is 0 Å². The van der Waals surface area contributed by atoms with Gasteiger partial charge in [-0.25, -0.2) is 9.97 Å². The van der Waals surface area contributed by atoms with Gasteiger partial charge in [0.25, 0.3) is 0 Å². The third kappa shape index (κ3) is 6.54. The summed E-state index contributed by atoms with van der Waals surface area (Å²) in [6, 6.07) is 2.34. The maximum atomic E-state index is 5.55. The summed E-state index contributed by atoms with van der Waals surface area (Å²) in [4.78, 5) is 21.0. The van der Waals surface area contributed by atoms with E-state index in [1.165, 1.54) is 6.42 Å². The minimum Gasteiger partial charge on any atom is -0.379 e. The quantitative estimate of drug-likeness (QED) is 0.544. The van der Waals surface area contributed by atoms with Crippen LogP contribution in [0.1, 0.15) is 27.2 Å². The van der Waals surface area contributed by atoms with Crippen LogP contribution in [0.4, 0.5) is 5.95 Å². The molecule has 0 aliphatic carbocycles. The van der Waals surface area contributed by atoms with Gasteiger partial charge in [-0.05, 0) is 25.3 Å². The van der Waals surface area contributed by atoms with E-state index in [1.807, 2.05) is 6.07 Å². The number of nitrogens with one attached hydrogen (secondary N) is 1. The predicted molar refractivity (Wildman–Crippen MR) is 117 cm³/mol. The lowest BCUT2D eigenvalue weighted by molar-refractivity contribution is 0.0142. The molecule has 2 fully saturated rings. The summed E-state index contributed by atoms with van der Waals surface area (Å²) >= 11 is 0. The fourth-order valence-corrected chi connectivity index (χ4v) is 4.02. The molecule has 8 heteroatoms. The van der Waals surface area contributed by atoms with E-state index < -0.39 is 0 Å². The van der Waals surface area contributed by atoms with Crippen LogP contribution in [0.25, 0.3) is 0 Å². The number of aromatic nitrogens is 2. The van der Waals surface area contributed by atoms with Crippen LogP contribution < -0.4 is 10.2 Å². The highest BCUT2D eigenvalue weighted by molar-refractivity contribution is 5.80. The first kappa shape index (κ1) is 21.8. The molecule has 0 radical (unpaired) electrons. The standard InChI is InChI=1S/C21H37N7O/c1-4-22-20(25-17-19(16-18(2)3)26-12-14-29-15-13-26)27-8-10-28(11-9-27)21-23-6-5-7-24-21/h5-7,18-19H,4,8-17H2,1-3H3,(H,22,25). The molecule has 2 saturated heterocycles. The number of morpholine rings is 1. The summed E-state index contributed by atoms with van der Waals surface area (Å²) < 4.78 is 5.55. The molecule has 0 amide bonds. The maximum absolute atomic E-state index is 5.55. The number of hydrogen-bond donors (Lipinski definition) is 1. The van der Waals surface area contributed by atoms with E-state index in [2.05, 4.69) is 50.8 Å². The predicted octanol–water partition coefficient (Wildman–Crippen LogP) is 1.31. The second-order valence-electron chi connectivity index (χ2n) is 8.15. The molecular formula is C21H37N7O. The average molecular weight is 404 g/mol. The van der Waals surface area contributed by atoms with Crippen LogP contribution >= 0.6 is 0 Å². The number of nitrogens with zero attached hydrogens (tertiary/aromatic N) is 6. The van der Waals surface area contributed by atoms with Gasteiger partial charge in [0.05, 0.1) is 19.8 Å². The van der Waals surface area contributed by atoms with E-state index in [0.29, 0.717) is 12.0 Å². The monoisotopic (exact) mass is 403 g/mol. The SMILES string of the molecule is CCNC(=NCC(CC(C)C)N1CCOCC1)N1CCN(c2ncccn2)CC1. The van der Waals surface area contributed by atoms with Gasteiger partial charge in [-0.2, -0.15) is 0 Å². The Morgan fingerprint density at radius 2 is 1.79 bits per heavy atom. The van der Waals surface area contributed by atoms with Gasteiger partial charge < -0.3 is 19.9 Å². The lowest BCUT2D eigenvalue weighted by Gasteiger charge is -2.37. The number of piperazine rings is 1. The summed E-state index contributed by atoms with van der Waals surface area (Å²) in [5, 5.41) is 3.50. The van der Waals surface area contributed by atoms with Crippen molar-refractivity contribution in [3.8, 4) is 0 Å². The van der Waals surface area contributed by atoms with E-state index >= 15 is 0 Å². The van der Waals surface area contributed by atoms with E-state index in [4.69, 9.17) is 9.73 Å². The molecule has 1 unspecified atom stereocenters. The summed E-state index contributed by atoms with van der Waals surface area (Å²) in [6.45, 7) is 15.8. The van der Waals surface area contributed by atoms with Crippen LogP contribution in [0.5, 0.6) is 0 Å². The number of anilines is 1. The highest BCUT2D eigenvalue weighted by Crippen LogP contribution is 2.15. The van der Waals surface area contributed by atoms with Crippen molar-refractivity contribution in [1.29, 1.82) is 0 Å². The summed E-state index contributed by atoms with van der Waals surface area (Å²) in [6.07, 6.45) is 4.78. The van der Waals surface area contributed by atoms with Crippen molar-refractivity contribution in [1.82, 2.24) is 25.1 Å². The molecule has 2 aliphatic heterocycles. The number of aliphatic imine (C=N–C) groups is 1. The number of hydrogen-bond acceptors (Lipinski definition) is 6. The second-order valence-corrected chi connectivity index (χ2v) is 8.15. The fourth-order valence-electron chi connectivity index (χ4n) is 4.02. The molecule has 3 heterocycles. The first-order valence-corrected chi connectivity index (χ1v) is 11.0. The lowest BCUT2D eigenvalue weighted by atomic mass is 10.0. The molecule has 2 aliphatic rings. The van der Waals surface area contributed by atoms with E-state index in [1.54, 1.807) is 12.4 Å². The smallest absolute Gasteiger partial charge is 0.225 e. The maximum Gasteiger partial charge on any atom is 0.225 e. The number of rotatable bonds is 7. The van der Waals surface area contributed by atoms with Gasteiger partial charge in [0.15, 0.2) is 5.96 Å². The molecule has 0 aromatic carbocycles. The highest BCUT2D eigenvalue weighted by atomic mass is 16.5. The molecule has 3 rings (SSSR count). The lowest BCUT2D eigenvalue weighted by Crippen LogP contribution is -2.53. The van der Waals surface area contributed by atoms with Crippen LogP contribution in [-0.2, 0) is 4.74 Å². The molecule has 1 N–H and O–H groups in total. The summed E-state index contributed by atoms with van der Waals surface area (Å²) in [5.41, 5.74) is 0. The van der Waals surface area contributed by atoms with Crippen LogP contribution in [-0.4, -0.2) is 97.3 Å². The Kier molecular flexibility index (Phi) is 8.49. The molecule has 0 spiro atoms. The largest absolute Gasteiger partial charge is 0.379 e. The van der Waals surface area contributed by atoms with Crippen LogP contribution in [0.2, 0.25) is 0 Å². The van der Waals surface area contributed by atoms with Gasteiger partial charge in [-0.15, -0.1) is 0 Å². The van der Waals surface area contributed by atoms with Crippen molar-refractivity contribution in [3.05, 3.63) is 18.5 Å². The van der Waals surface area contributed by atoms with Crippen molar-refractivity contribution in [3.63, 3.8) is 0 Å². The number of ether oxygens (including phenoxy) is 1. The van der Waals surface area contributed by atoms with Gasteiger partial charge in [-0.3, -0.25) is 9.89 Å². The van der Waals surface area contributed by atoms with Gasteiger partial charge >= 0.3 is 0 Å². The molecule has 1 aromatic rings. The molecular weight excluding hydrogens is 366 g/mol. The molecule has 8 nitrogen and oxygen atoms in total. The fraction of sp³-hybridized carbons (Fsp3) is 0.762. The summed E-state index contributed by atoms with van der Waals surface area (Å²) in [5.74, 6) is 2.51. The van der Waals surface area contributed by atoms with Gasteiger partial charge in [-0.1, -0.05) is 13.8 Å². The third-order valence-corrected chi connectivity index (χ3v) is 5.51. The highest BCUT2D eigenvalue weighted by Gasteiger charge is 2.24. The molecule has 29 heavy (non-hydrogen) atoms. The zero-order chi connectivity index (χ0) is 20.5. The minimum absolute atomic E-state index is 0.478.